The van der Waals surface area contributed by atoms with Crippen LogP contribution < -0.4 is 0 Å². The van der Waals surface area contributed by atoms with E-state index in [9.17, 15) is 0 Å². The van der Waals surface area contributed by atoms with E-state index in [0.717, 1.165) is 29.3 Å². The summed E-state index contributed by atoms with van der Waals surface area (Å²) in [5.41, 5.74) is 3.33. The van der Waals surface area contributed by atoms with Gasteiger partial charge < -0.3 is 9.57 Å². The first-order valence-corrected chi connectivity index (χ1v) is 8.28. The molecule has 22 heavy (non-hydrogen) atoms. The largest absolute Gasteiger partial charge is 0.392 e. The van der Waals surface area contributed by atoms with E-state index in [2.05, 4.69) is 34.4 Å². The number of aromatic nitrogens is 1. The SMILES string of the molecule is Cc1nc(C)c(COCC2=NOC(Cc3ccccc3)C2)s1. The molecule has 1 unspecified atom stereocenters. The summed E-state index contributed by atoms with van der Waals surface area (Å²) in [7, 11) is 0. The Labute approximate surface area is 134 Å². The molecular weight excluding hydrogens is 296 g/mol. The zero-order valence-corrected chi connectivity index (χ0v) is 13.7. The molecule has 5 heteroatoms. The van der Waals surface area contributed by atoms with Crippen LogP contribution in [0.5, 0.6) is 0 Å². The highest BCUT2D eigenvalue weighted by molar-refractivity contribution is 7.11. The molecule has 0 bridgehead atoms. The lowest BCUT2D eigenvalue weighted by Gasteiger charge is -2.07. The van der Waals surface area contributed by atoms with E-state index in [1.807, 2.05) is 19.9 Å². The summed E-state index contributed by atoms with van der Waals surface area (Å²) in [4.78, 5) is 11.1. The fourth-order valence-corrected chi connectivity index (χ4v) is 3.40. The Morgan fingerprint density at radius 1 is 1.23 bits per heavy atom. The van der Waals surface area contributed by atoms with Gasteiger partial charge in [-0.15, -0.1) is 11.3 Å². The number of rotatable bonds is 6. The number of aryl methyl sites for hydroxylation is 2. The maximum absolute atomic E-state index is 5.76. The Hall–Kier alpha value is -1.72. The van der Waals surface area contributed by atoms with Gasteiger partial charge >= 0.3 is 0 Å². The van der Waals surface area contributed by atoms with E-state index in [1.54, 1.807) is 11.3 Å². The first-order chi connectivity index (χ1) is 10.7. The van der Waals surface area contributed by atoms with Crippen LogP contribution in [0.3, 0.4) is 0 Å². The monoisotopic (exact) mass is 316 g/mol. The molecule has 0 N–H and O–H groups in total. The zero-order chi connectivity index (χ0) is 15.4. The Morgan fingerprint density at radius 2 is 2.05 bits per heavy atom. The number of hydrogen-bond donors (Lipinski definition) is 0. The van der Waals surface area contributed by atoms with Crippen molar-refractivity contribution in [3.63, 3.8) is 0 Å². The molecule has 0 amide bonds. The summed E-state index contributed by atoms with van der Waals surface area (Å²) >= 11 is 1.69. The Morgan fingerprint density at radius 3 is 2.77 bits per heavy atom. The molecule has 1 aromatic heterocycles. The van der Waals surface area contributed by atoms with Crippen LogP contribution in [0.15, 0.2) is 35.5 Å². The third-order valence-electron chi connectivity index (χ3n) is 3.60. The molecular formula is C17H20N2O2S. The molecule has 4 nitrogen and oxygen atoms in total. The van der Waals surface area contributed by atoms with Crippen molar-refractivity contribution in [3.8, 4) is 0 Å². The van der Waals surface area contributed by atoms with E-state index < -0.39 is 0 Å². The van der Waals surface area contributed by atoms with Gasteiger partial charge in [0.25, 0.3) is 0 Å². The van der Waals surface area contributed by atoms with Crippen LogP contribution in [-0.4, -0.2) is 23.4 Å². The van der Waals surface area contributed by atoms with Crippen LogP contribution in [0.4, 0.5) is 0 Å². The summed E-state index contributed by atoms with van der Waals surface area (Å²) in [6, 6.07) is 10.4. The molecule has 1 aliphatic heterocycles. The van der Waals surface area contributed by atoms with Crippen molar-refractivity contribution >= 4 is 17.0 Å². The predicted octanol–water partition coefficient (Wildman–Crippen LogP) is 3.66. The molecule has 116 valence electrons. The first kappa shape index (κ1) is 15.2. The van der Waals surface area contributed by atoms with Gasteiger partial charge in [0, 0.05) is 12.8 Å². The maximum atomic E-state index is 5.76. The molecule has 2 aromatic rings. The number of benzene rings is 1. The van der Waals surface area contributed by atoms with Crippen molar-refractivity contribution in [2.45, 2.75) is 39.4 Å². The fourth-order valence-electron chi connectivity index (χ4n) is 2.53. The van der Waals surface area contributed by atoms with Gasteiger partial charge in [-0.2, -0.15) is 0 Å². The second-order valence-electron chi connectivity index (χ2n) is 5.51. The average molecular weight is 316 g/mol. The molecule has 1 aliphatic rings. The van der Waals surface area contributed by atoms with Gasteiger partial charge in [0.05, 0.1) is 34.5 Å². The highest BCUT2D eigenvalue weighted by Crippen LogP contribution is 2.19. The lowest BCUT2D eigenvalue weighted by atomic mass is 10.0. The van der Waals surface area contributed by atoms with E-state index >= 15 is 0 Å². The normalized spacial score (nSPS) is 17.4. The van der Waals surface area contributed by atoms with Gasteiger partial charge in [0.1, 0.15) is 6.10 Å². The molecule has 1 atom stereocenters. The number of oxime groups is 1. The molecule has 0 aliphatic carbocycles. The van der Waals surface area contributed by atoms with Crippen LogP contribution in [0.25, 0.3) is 0 Å². The van der Waals surface area contributed by atoms with Crippen LogP contribution in [-0.2, 0) is 22.6 Å². The molecule has 1 aromatic carbocycles. The third kappa shape index (κ3) is 3.93. The second kappa shape index (κ2) is 7.03. The summed E-state index contributed by atoms with van der Waals surface area (Å²) in [6.07, 6.45) is 1.87. The molecule has 0 saturated heterocycles. The lowest BCUT2D eigenvalue weighted by molar-refractivity contribution is 0.0857. The number of nitrogens with zero attached hydrogens (tertiary/aromatic N) is 2. The van der Waals surface area contributed by atoms with Gasteiger partial charge in [0.15, 0.2) is 0 Å². The van der Waals surface area contributed by atoms with Crippen LogP contribution >= 0.6 is 11.3 Å². The molecule has 0 radical (unpaired) electrons. The highest BCUT2D eigenvalue weighted by Gasteiger charge is 2.21. The van der Waals surface area contributed by atoms with Crippen molar-refractivity contribution in [1.29, 1.82) is 0 Å². The Bertz CT molecular complexity index is 652. The maximum Gasteiger partial charge on any atom is 0.137 e. The van der Waals surface area contributed by atoms with Gasteiger partial charge in [-0.3, -0.25) is 0 Å². The summed E-state index contributed by atoms with van der Waals surface area (Å²) in [5.74, 6) is 0. The van der Waals surface area contributed by atoms with Gasteiger partial charge in [-0.1, -0.05) is 35.5 Å². The standard InChI is InChI=1S/C17H20N2O2S/c1-12-17(22-13(2)18-12)11-20-10-15-9-16(21-19-15)8-14-6-4-3-5-7-14/h3-7,16H,8-11H2,1-2H3. The summed E-state index contributed by atoms with van der Waals surface area (Å²) in [5, 5.41) is 5.24. The minimum atomic E-state index is 0.133. The van der Waals surface area contributed by atoms with E-state index in [0.29, 0.717) is 13.2 Å². The van der Waals surface area contributed by atoms with Crippen LogP contribution in [0, 0.1) is 13.8 Å². The van der Waals surface area contributed by atoms with E-state index in [-0.39, 0.29) is 6.10 Å². The number of thiazole rings is 1. The van der Waals surface area contributed by atoms with E-state index in [1.165, 1.54) is 10.4 Å². The summed E-state index contributed by atoms with van der Waals surface area (Å²) in [6.45, 7) is 5.17. The summed E-state index contributed by atoms with van der Waals surface area (Å²) < 4.78 is 5.76. The molecule has 0 saturated carbocycles. The van der Waals surface area contributed by atoms with Gasteiger partial charge in [-0.25, -0.2) is 4.98 Å². The molecule has 0 spiro atoms. The predicted molar refractivity (Wildman–Crippen MR) is 88.3 cm³/mol. The van der Waals surface area contributed by atoms with Gasteiger partial charge in [0.2, 0.25) is 0 Å². The van der Waals surface area contributed by atoms with Crippen molar-refractivity contribution in [3.05, 3.63) is 51.5 Å². The highest BCUT2D eigenvalue weighted by atomic mass is 32.1. The van der Waals surface area contributed by atoms with Crippen molar-refractivity contribution in [1.82, 2.24) is 4.98 Å². The van der Waals surface area contributed by atoms with Crippen LogP contribution in [0.2, 0.25) is 0 Å². The lowest BCUT2D eigenvalue weighted by Crippen LogP contribution is -2.14. The Kier molecular flexibility index (Phi) is 4.85. The minimum absolute atomic E-state index is 0.133. The average Bonchev–Trinajstić information content (AvgIpc) is 3.07. The van der Waals surface area contributed by atoms with E-state index in [4.69, 9.17) is 9.57 Å². The fraction of sp³-hybridized carbons (Fsp3) is 0.412. The van der Waals surface area contributed by atoms with Crippen LogP contribution in [0.1, 0.15) is 27.6 Å². The Balaban J connectivity index is 1.42. The number of ether oxygens (including phenoxy) is 1. The first-order valence-electron chi connectivity index (χ1n) is 7.47. The van der Waals surface area contributed by atoms with Crippen molar-refractivity contribution < 1.29 is 9.57 Å². The quantitative estimate of drug-likeness (QED) is 0.817. The number of hydrogen-bond acceptors (Lipinski definition) is 5. The molecule has 0 fully saturated rings. The van der Waals surface area contributed by atoms with Crippen molar-refractivity contribution in [2.75, 3.05) is 6.61 Å². The smallest absolute Gasteiger partial charge is 0.137 e. The minimum Gasteiger partial charge on any atom is -0.392 e. The third-order valence-corrected chi connectivity index (χ3v) is 4.65. The second-order valence-corrected chi connectivity index (χ2v) is 6.80. The topological polar surface area (TPSA) is 43.7 Å². The zero-order valence-electron chi connectivity index (χ0n) is 12.9. The van der Waals surface area contributed by atoms with Crippen molar-refractivity contribution in [2.24, 2.45) is 5.16 Å². The van der Waals surface area contributed by atoms with Gasteiger partial charge in [-0.05, 0) is 19.4 Å². The molecule has 2 heterocycles. The molecule has 3 rings (SSSR count).